The lowest BCUT2D eigenvalue weighted by Crippen LogP contribution is -2.18. The van der Waals surface area contributed by atoms with Gasteiger partial charge in [-0.2, -0.15) is 0 Å². The number of hydrogen-bond acceptors (Lipinski definition) is 5. The summed E-state index contributed by atoms with van der Waals surface area (Å²) in [5, 5.41) is 13.5. The van der Waals surface area contributed by atoms with Crippen LogP contribution in [0.1, 0.15) is 42.4 Å². The smallest absolute Gasteiger partial charge is 0.411 e. The molecule has 1 amide bonds. The summed E-state index contributed by atoms with van der Waals surface area (Å²) in [7, 11) is 0. The number of rotatable bonds is 7. The molecule has 0 bridgehead atoms. The summed E-state index contributed by atoms with van der Waals surface area (Å²) < 4.78 is 10.2. The Morgan fingerprint density at radius 3 is 2.56 bits per heavy atom. The van der Waals surface area contributed by atoms with Crippen molar-refractivity contribution < 1.29 is 29.0 Å². The summed E-state index contributed by atoms with van der Waals surface area (Å²) in [6.45, 7) is 5.20. The number of aliphatic carboxylic acids is 1. The highest BCUT2D eigenvalue weighted by atomic mass is 35.5. The molecule has 34 heavy (non-hydrogen) atoms. The van der Waals surface area contributed by atoms with Gasteiger partial charge < -0.3 is 19.6 Å². The maximum absolute atomic E-state index is 12.6. The maximum atomic E-state index is 12.6. The van der Waals surface area contributed by atoms with Gasteiger partial charge in [-0.25, -0.2) is 14.4 Å². The van der Waals surface area contributed by atoms with Crippen LogP contribution >= 0.6 is 23.2 Å². The van der Waals surface area contributed by atoms with Crippen molar-refractivity contribution in [3.05, 3.63) is 63.3 Å². The molecule has 0 atom stereocenters. The van der Waals surface area contributed by atoms with Gasteiger partial charge in [0.05, 0.1) is 23.3 Å². The molecule has 3 N–H and O–H groups in total. The van der Waals surface area contributed by atoms with Crippen molar-refractivity contribution in [2.45, 2.75) is 26.9 Å². The van der Waals surface area contributed by atoms with Crippen molar-refractivity contribution in [3.8, 4) is 0 Å². The Kier molecular flexibility index (Phi) is 7.86. The van der Waals surface area contributed by atoms with E-state index in [1.807, 2.05) is 0 Å². The van der Waals surface area contributed by atoms with Crippen LogP contribution in [0.3, 0.4) is 0 Å². The molecule has 3 aromatic rings. The van der Waals surface area contributed by atoms with E-state index in [4.69, 9.17) is 32.7 Å². The highest BCUT2D eigenvalue weighted by molar-refractivity contribution is 6.39. The average molecular weight is 505 g/mol. The van der Waals surface area contributed by atoms with E-state index < -0.39 is 18.0 Å². The van der Waals surface area contributed by atoms with Gasteiger partial charge in [0, 0.05) is 27.2 Å². The molecule has 10 heteroatoms. The molecule has 1 heterocycles. The Balaban J connectivity index is 2.16. The fourth-order valence-electron chi connectivity index (χ4n) is 3.32. The minimum Gasteiger partial charge on any atom is -0.478 e. The topological polar surface area (TPSA) is 118 Å². The van der Waals surface area contributed by atoms with E-state index in [0.29, 0.717) is 21.6 Å². The maximum Gasteiger partial charge on any atom is 0.411 e. The van der Waals surface area contributed by atoms with Gasteiger partial charge in [0.25, 0.3) is 0 Å². The van der Waals surface area contributed by atoms with E-state index >= 15 is 0 Å². The summed E-state index contributed by atoms with van der Waals surface area (Å²) in [5.41, 5.74) is 1.20. The van der Waals surface area contributed by atoms with E-state index in [-0.39, 0.29) is 40.1 Å². The molecular formula is C24H22Cl2N2O6. The van der Waals surface area contributed by atoms with E-state index in [1.54, 1.807) is 45.0 Å². The number of halogens is 2. The Morgan fingerprint density at radius 2 is 1.91 bits per heavy atom. The highest BCUT2D eigenvalue weighted by Gasteiger charge is 2.22. The molecule has 0 fully saturated rings. The molecule has 0 aliphatic heterocycles. The quantitative estimate of drug-likeness (QED) is 0.259. The number of aromatic nitrogens is 1. The van der Waals surface area contributed by atoms with Gasteiger partial charge in [-0.1, -0.05) is 35.3 Å². The largest absolute Gasteiger partial charge is 0.478 e. The van der Waals surface area contributed by atoms with Crippen molar-refractivity contribution in [1.29, 1.82) is 0 Å². The van der Waals surface area contributed by atoms with Crippen LogP contribution in [-0.2, 0) is 14.3 Å². The third kappa shape index (κ3) is 5.70. The average Bonchev–Trinajstić information content (AvgIpc) is 3.10. The molecule has 178 valence electrons. The first-order valence-electron chi connectivity index (χ1n) is 10.3. The molecule has 2 aromatic carbocycles. The Hall–Kier alpha value is -3.49. The molecule has 0 unspecified atom stereocenters. The Bertz CT molecular complexity index is 1300. The van der Waals surface area contributed by atoms with Crippen LogP contribution in [0.2, 0.25) is 10.0 Å². The van der Waals surface area contributed by atoms with Crippen LogP contribution in [-0.4, -0.2) is 40.8 Å². The minimum atomic E-state index is -1.25. The second-order valence-corrected chi connectivity index (χ2v) is 8.31. The fraction of sp³-hybridized carbons (Fsp3) is 0.208. The number of ether oxygens (including phenoxy) is 2. The first kappa shape index (κ1) is 25.1. The van der Waals surface area contributed by atoms with Crippen LogP contribution in [0, 0.1) is 0 Å². The zero-order valence-electron chi connectivity index (χ0n) is 18.6. The number of esters is 1. The zero-order valence-corrected chi connectivity index (χ0v) is 20.1. The molecule has 0 aliphatic carbocycles. The number of fused-ring (bicyclic) bond motifs is 1. The van der Waals surface area contributed by atoms with Crippen molar-refractivity contribution in [1.82, 2.24) is 4.98 Å². The normalized spacial score (nSPS) is 11.5. The summed E-state index contributed by atoms with van der Waals surface area (Å²) >= 11 is 12.5. The SMILES string of the molecule is CCOC(=O)c1[nH]c2cc(Cl)cc(Cl)c2c1/C=C(\C(=O)O)c1cccc(NC(=O)OC(C)C)c1. The molecule has 3 rings (SSSR count). The number of amides is 1. The number of carbonyl (C=O) groups is 3. The monoisotopic (exact) mass is 504 g/mol. The van der Waals surface area contributed by atoms with Gasteiger partial charge >= 0.3 is 18.0 Å². The lowest BCUT2D eigenvalue weighted by molar-refractivity contribution is -0.130. The predicted molar refractivity (Wildman–Crippen MR) is 131 cm³/mol. The molecule has 0 saturated carbocycles. The molecule has 0 spiro atoms. The third-order valence-electron chi connectivity index (χ3n) is 4.61. The van der Waals surface area contributed by atoms with E-state index in [9.17, 15) is 19.5 Å². The van der Waals surface area contributed by atoms with Crippen LogP contribution in [0.15, 0.2) is 36.4 Å². The van der Waals surface area contributed by atoms with Crippen molar-refractivity contribution >= 4 is 69.5 Å². The summed E-state index contributed by atoms with van der Waals surface area (Å²) in [4.78, 5) is 39.7. The molecule has 0 radical (unpaired) electrons. The van der Waals surface area contributed by atoms with Gasteiger partial charge in [-0.3, -0.25) is 5.32 Å². The fourth-order valence-corrected chi connectivity index (χ4v) is 3.92. The number of H-pyrrole nitrogens is 1. The van der Waals surface area contributed by atoms with Crippen LogP contribution in [0.25, 0.3) is 22.6 Å². The van der Waals surface area contributed by atoms with Crippen molar-refractivity contribution in [3.63, 3.8) is 0 Å². The molecular weight excluding hydrogens is 483 g/mol. The molecule has 0 saturated heterocycles. The number of carboxylic acids is 1. The second-order valence-electron chi connectivity index (χ2n) is 7.47. The number of aromatic amines is 1. The van der Waals surface area contributed by atoms with Gasteiger partial charge in [-0.05, 0) is 56.7 Å². The Morgan fingerprint density at radius 1 is 1.18 bits per heavy atom. The third-order valence-corrected chi connectivity index (χ3v) is 5.13. The molecule has 0 aliphatic rings. The van der Waals surface area contributed by atoms with Gasteiger partial charge in [0.1, 0.15) is 5.69 Å². The molecule has 8 nitrogen and oxygen atoms in total. The number of nitrogens with one attached hydrogen (secondary N) is 2. The predicted octanol–water partition coefficient (Wildman–Crippen LogP) is 6.23. The van der Waals surface area contributed by atoms with Crippen molar-refractivity contribution in [2.24, 2.45) is 0 Å². The summed E-state index contributed by atoms with van der Waals surface area (Å²) in [6, 6.07) is 9.31. The Labute approximate surface area is 205 Å². The lowest BCUT2D eigenvalue weighted by Gasteiger charge is -2.11. The van der Waals surface area contributed by atoms with Crippen LogP contribution < -0.4 is 5.32 Å². The van der Waals surface area contributed by atoms with Gasteiger partial charge in [-0.15, -0.1) is 0 Å². The van der Waals surface area contributed by atoms with Gasteiger partial charge in [0.15, 0.2) is 0 Å². The number of benzene rings is 2. The van der Waals surface area contributed by atoms with E-state index in [1.165, 1.54) is 18.2 Å². The number of anilines is 1. The number of carbonyl (C=O) groups excluding carboxylic acids is 2. The first-order chi connectivity index (χ1) is 16.1. The van der Waals surface area contributed by atoms with E-state index in [2.05, 4.69) is 10.3 Å². The standard InChI is InChI=1S/C24H22Cl2N2O6/c1-4-33-23(31)21-17(20-18(26)9-14(25)10-19(20)28-21)11-16(22(29)30)13-6-5-7-15(8-13)27-24(32)34-12(2)3/h5-12,28H,4H2,1-3H3,(H,27,32)(H,29,30)/b16-11-. The van der Waals surface area contributed by atoms with Crippen LogP contribution in [0.5, 0.6) is 0 Å². The van der Waals surface area contributed by atoms with Gasteiger partial charge in [0.2, 0.25) is 0 Å². The summed E-state index contributed by atoms with van der Waals surface area (Å²) in [5.74, 6) is -1.93. The minimum absolute atomic E-state index is 0.0366. The van der Waals surface area contributed by atoms with Crippen molar-refractivity contribution in [2.75, 3.05) is 11.9 Å². The number of hydrogen-bond donors (Lipinski definition) is 3. The zero-order chi connectivity index (χ0) is 25.0. The van der Waals surface area contributed by atoms with Crippen LogP contribution in [0.4, 0.5) is 10.5 Å². The first-order valence-corrected chi connectivity index (χ1v) is 11.1. The van der Waals surface area contributed by atoms with E-state index in [0.717, 1.165) is 0 Å². The summed E-state index contributed by atoms with van der Waals surface area (Å²) in [6.07, 6.45) is 0.343. The number of carboxylic acid groups (broad SMARTS) is 1. The second kappa shape index (κ2) is 10.6. The lowest BCUT2D eigenvalue weighted by atomic mass is 10.0. The highest BCUT2D eigenvalue weighted by Crippen LogP contribution is 2.35. The molecule has 1 aromatic heterocycles.